The number of hydrogen-bond donors (Lipinski definition) is 0. The number of unbranched alkanes of at least 4 members (excludes halogenated alkanes) is 1. The van der Waals surface area contributed by atoms with Crippen molar-refractivity contribution >= 4 is 28.5 Å². The van der Waals surface area contributed by atoms with Gasteiger partial charge in [-0.1, -0.05) is 61.9 Å². The van der Waals surface area contributed by atoms with Crippen LogP contribution >= 0.6 is 0 Å². The lowest BCUT2D eigenvalue weighted by Gasteiger charge is -2.22. The fourth-order valence-electron chi connectivity index (χ4n) is 4.43. The van der Waals surface area contributed by atoms with Gasteiger partial charge in [0.2, 0.25) is 5.91 Å². The number of nitrogens with zero attached hydrogens (tertiary/aromatic N) is 3. The van der Waals surface area contributed by atoms with Crippen molar-refractivity contribution in [2.45, 2.75) is 45.7 Å². The second-order valence-electron chi connectivity index (χ2n) is 8.67. The number of aromatic nitrogens is 1. The zero-order valence-corrected chi connectivity index (χ0v) is 19.2. The van der Waals surface area contributed by atoms with E-state index in [9.17, 15) is 14.4 Å². The number of amides is 2. The molecule has 1 aliphatic heterocycles. The minimum absolute atomic E-state index is 0.0484. The lowest BCUT2D eigenvalue weighted by Crippen LogP contribution is -2.37. The van der Waals surface area contributed by atoms with Crippen molar-refractivity contribution in [3.8, 4) is 0 Å². The molecule has 0 radical (unpaired) electrons. The smallest absolute Gasteiger partial charge is 0.295 e. The quantitative estimate of drug-likeness (QED) is 0.365. The van der Waals surface area contributed by atoms with E-state index < -0.39 is 11.7 Å². The summed E-state index contributed by atoms with van der Waals surface area (Å²) in [5.41, 5.74) is 2.15. The lowest BCUT2D eigenvalue weighted by molar-refractivity contribution is -0.130. The molecular weight excluding hydrogens is 414 g/mol. The van der Waals surface area contributed by atoms with Crippen LogP contribution in [0.2, 0.25) is 0 Å². The Balaban J connectivity index is 1.60. The van der Waals surface area contributed by atoms with Crippen LogP contribution in [0.5, 0.6) is 0 Å². The molecule has 0 unspecified atom stereocenters. The number of carbonyl (C=O) groups is 3. The Hall–Kier alpha value is -3.41. The molecule has 6 heteroatoms. The average Bonchev–Trinajstić information content (AvgIpc) is 3.51. The first kappa shape index (κ1) is 22.8. The van der Waals surface area contributed by atoms with Crippen LogP contribution in [0.3, 0.4) is 0 Å². The van der Waals surface area contributed by atoms with Crippen molar-refractivity contribution in [3.63, 3.8) is 0 Å². The Morgan fingerprint density at radius 2 is 1.64 bits per heavy atom. The van der Waals surface area contributed by atoms with E-state index in [-0.39, 0.29) is 12.5 Å². The highest BCUT2D eigenvalue weighted by Gasteiger charge is 2.27. The van der Waals surface area contributed by atoms with Crippen molar-refractivity contribution in [1.29, 1.82) is 0 Å². The summed E-state index contributed by atoms with van der Waals surface area (Å²) in [6.45, 7) is 4.74. The molecule has 0 atom stereocenters. The average molecular weight is 446 g/mol. The first-order chi connectivity index (χ1) is 16.1. The second kappa shape index (κ2) is 10.5. The number of rotatable bonds is 9. The van der Waals surface area contributed by atoms with Gasteiger partial charge in [-0.15, -0.1) is 0 Å². The summed E-state index contributed by atoms with van der Waals surface area (Å²) in [4.78, 5) is 43.0. The summed E-state index contributed by atoms with van der Waals surface area (Å²) in [5, 5.41) is 0.709. The van der Waals surface area contributed by atoms with E-state index in [4.69, 9.17) is 0 Å². The molecule has 0 N–H and O–H groups in total. The zero-order valence-electron chi connectivity index (χ0n) is 19.2. The summed E-state index contributed by atoms with van der Waals surface area (Å²) in [6, 6.07) is 17.2. The van der Waals surface area contributed by atoms with Gasteiger partial charge in [0, 0.05) is 43.3 Å². The van der Waals surface area contributed by atoms with Crippen molar-refractivity contribution in [3.05, 3.63) is 71.9 Å². The summed E-state index contributed by atoms with van der Waals surface area (Å²) < 4.78 is 1.81. The van der Waals surface area contributed by atoms with Crippen LogP contribution in [-0.4, -0.2) is 51.6 Å². The van der Waals surface area contributed by atoms with E-state index in [1.54, 1.807) is 11.1 Å². The van der Waals surface area contributed by atoms with Crippen LogP contribution in [0, 0.1) is 0 Å². The molecule has 1 fully saturated rings. The van der Waals surface area contributed by atoms with Crippen LogP contribution < -0.4 is 0 Å². The number of benzene rings is 2. The normalized spacial score (nSPS) is 13.4. The standard InChI is InChI=1S/C27H31N3O3/c1-2-3-15-29(18-21-11-5-4-6-12-21)27(33)26(32)23-19-30(24-14-8-7-13-22(23)24)20-25(31)28-16-9-10-17-28/h4-8,11-14,19H,2-3,9-10,15-18,20H2,1H3. The third-order valence-electron chi connectivity index (χ3n) is 6.28. The highest BCUT2D eigenvalue weighted by atomic mass is 16.2. The molecule has 2 amide bonds. The SMILES string of the molecule is CCCCN(Cc1ccccc1)C(=O)C(=O)c1cn(CC(=O)N2CCCC2)c2ccccc12. The second-order valence-corrected chi connectivity index (χ2v) is 8.67. The molecule has 0 spiro atoms. The first-order valence-electron chi connectivity index (χ1n) is 11.8. The molecule has 172 valence electrons. The summed E-state index contributed by atoms with van der Waals surface area (Å²) in [5.74, 6) is -0.973. The topological polar surface area (TPSA) is 62.6 Å². The van der Waals surface area contributed by atoms with Crippen molar-refractivity contribution in [1.82, 2.24) is 14.4 Å². The molecule has 4 rings (SSSR count). The molecular formula is C27H31N3O3. The third kappa shape index (κ3) is 5.16. The van der Waals surface area contributed by atoms with Gasteiger partial charge in [0.25, 0.3) is 11.7 Å². The van der Waals surface area contributed by atoms with Crippen molar-refractivity contribution in [2.24, 2.45) is 0 Å². The van der Waals surface area contributed by atoms with E-state index in [1.807, 2.05) is 64.1 Å². The monoisotopic (exact) mass is 445 g/mol. The lowest BCUT2D eigenvalue weighted by atomic mass is 10.1. The van der Waals surface area contributed by atoms with Gasteiger partial charge in [0.1, 0.15) is 6.54 Å². The highest BCUT2D eigenvalue weighted by Crippen LogP contribution is 2.23. The van der Waals surface area contributed by atoms with Crippen LogP contribution in [0.25, 0.3) is 10.9 Å². The van der Waals surface area contributed by atoms with E-state index in [0.717, 1.165) is 49.9 Å². The number of hydrogen-bond acceptors (Lipinski definition) is 3. The molecule has 2 heterocycles. The van der Waals surface area contributed by atoms with Gasteiger partial charge in [0.05, 0.1) is 5.56 Å². The summed E-state index contributed by atoms with van der Waals surface area (Å²) in [6.07, 6.45) is 5.51. The number of fused-ring (bicyclic) bond motifs is 1. The highest BCUT2D eigenvalue weighted by molar-refractivity contribution is 6.44. The van der Waals surface area contributed by atoms with E-state index in [1.165, 1.54) is 0 Å². The third-order valence-corrected chi connectivity index (χ3v) is 6.28. The number of ketones is 1. The predicted molar refractivity (Wildman–Crippen MR) is 129 cm³/mol. The fourth-order valence-corrected chi connectivity index (χ4v) is 4.43. The van der Waals surface area contributed by atoms with E-state index >= 15 is 0 Å². The first-order valence-corrected chi connectivity index (χ1v) is 11.8. The van der Waals surface area contributed by atoms with Crippen LogP contribution in [0.15, 0.2) is 60.8 Å². The van der Waals surface area contributed by atoms with Gasteiger partial charge >= 0.3 is 0 Å². The Labute approximate surface area is 194 Å². The van der Waals surface area contributed by atoms with Crippen LogP contribution in [-0.2, 0) is 22.7 Å². The van der Waals surface area contributed by atoms with Gasteiger partial charge in [-0.05, 0) is 30.9 Å². The van der Waals surface area contributed by atoms with Crippen LogP contribution in [0.1, 0.15) is 48.5 Å². The van der Waals surface area contributed by atoms with E-state index in [2.05, 4.69) is 6.92 Å². The number of likely N-dealkylation sites (tertiary alicyclic amines) is 1. The molecule has 0 saturated carbocycles. The van der Waals surface area contributed by atoms with Gasteiger partial charge < -0.3 is 14.4 Å². The maximum Gasteiger partial charge on any atom is 0.295 e. The number of carbonyl (C=O) groups excluding carboxylic acids is 3. The Morgan fingerprint density at radius 3 is 2.36 bits per heavy atom. The molecule has 2 aromatic carbocycles. The number of para-hydroxylation sites is 1. The summed E-state index contributed by atoms with van der Waals surface area (Å²) >= 11 is 0. The zero-order chi connectivity index (χ0) is 23.2. The minimum atomic E-state index is -0.523. The molecule has 3 aromatic rings. The Kier molecular flexibility index (Phi) is 7.23. The molecule has 6 nitrogen and oxygen atoms in total. The summed E-state index contributed by atoms with van der Waals surface area (Å²) in [7, 11) is 0. The Bertz CT molecular complexity index is 1130. The largest absolute Gasteiger partial charge is 0.341 e. The van der Waals surface area contributed by atoms with Crippen molar-refractivity contribution in [2.75, 3.05) is 19.6 Å². The van der Waals surface area contributed by atoms with E-state index in [0.29, 0.717) is 24.0 Å². The van der Waals surface area contributed by atoms with Gasteiger partial charge in [-0.25, -0.2) is 0 Å². The molecule has 1 aromatic heterocycles. The fraction of sp³-hybridized carbons (Fsp3) is 0.370. The number of Topliss-reactive ketones (excluding diaryl/α,β-unsaturated/α-hetero) is 1. The molecule has 33 heavy (non-hydrogen) atoms. The Morgan fingerprint density at radius 1 is 0.939 bits per heavy atom. The maximum atomic E-state index is 13.4. The molecule has 0 bridgehead atoms. The molecule has 1 saturated heterocycles. The minimum Gasteiger partial charge on any atom is -0.341 e. The van der Waals surface area contributed by atoms with Crippen LogP contribution in [0.4, 0.5) is 0 Å². The van der Waals surface area contributed by atoms with Gasteiger partial charge in [0.15, 0.2) is 0 Å². The van der Waals surface area contributed by atoms with Gasteiger partial charge in [-0.3, -0.25) is 14.4 Å². The maximum absolute atomic E-state index is 13.4. The van der Waals surface area contributed by atoms with Gasteiger partial charge in [-0.2, -0.15) is 0 Å². The van der Waals surface area contributed by atoms with Crippen molar-refractivity contribution < 1.29 is 14.4 Å². The molecule has 0 aliphatic carbocycles. The molecule has 1 aliphatic rings. The predicted octanol–water partition coefficient (Wildman–Crippen LogP) is 4.28.